The molecule has 0 fully saturated rings. The van der Waals surface area contributed by atoms with Crippen molar-refractivity contribution in [3.63, 3.8) is 0 Å². The third kappa shape index (κ3) is 4.74. The van der Waals surface area contributed by atoms with E-state index in [1.165, 1.54) is 0 Å². The Morgan fingerprint density at radius 3 is 2.67 bits per heavy atom. The van der Waals surface area contributed by atoms with E-state index in [1.807, 2.05) is 44.2 Å². The molecule has 1 aromatic heterocycles. The minimum Gasteiger partial charge on any atom is -0.383 e. The molecule has 0 saturated heterocycles. The van der Waals surface area contributed by atoms with Crippen molar-refractivity contribution in [2.24, 2.45) is 5.92 Å². The first-order valence-corrected chi connectivity index (χ1v) is 9.34. The lowest BCUT2D eigenvalue weighted by molar-refractivity contribution is -0.141. The van der Waals surface area contributed by atoms with Gasteiger partial charge in [-0.15, -0.1) is 0 Å². The van der Waals surface area contributed by atoms with Gasteiger partial charge in [0.15, 0.2) is 5.69 Å². The summed E-state index contributed by atoms with van der Waals surface area (Å²) < 4.78 is 1.78. The number of amides is 2. The van der Waals surface area contributed by atoms with Gasteiger partial charge in [-0.1, -0.05) is 32.0 Å². The van der Waals surface area contributed by atoms with Crippen molar-refractivity contribution in [2.75, 3.05) is 11.9 Å². The average Bonchev–Trinajstić information content (AvgIpc) is 2.93. The number of fused-ring (bicyclic) bond motifs is 1. The number of hydrogen-bond donors (Lipinski definition) is 2. The molecule has 1 aliphatic rings. The lowest BCUT2D eigenvalue weighted by Crippen LogP contribution is -2.39. The molecule has 2 amide bonds. The van der Waals surface area contributed by atoms with Crippen LogP contribution < -0.4 is 5.32 Å². The van der Waals surface area contributed by atoms with E-state index in [0.717, 1.165) is 12.1 Å². The molecule has 1 atom stereocenters. The van der Waals surface area contributed by atoms with E-state index in [1.54, 1.807) is 15.6 Å². The summed E-state index contributed by atoms with van der Waals surface area (Å²) in [6.45, 7) is 5.51. The van der Waals surface area contributed by atoms with E-state index in [9.17, 15) is 14.7 Å². The Bertz CT molecular complexity index is 801. The average molecular weight is 370 g/mol. The number of aliphatic hydroxyl groups is 1. The molecule has 2 heterocycles. The van der Waals surface area contributed by atoms with Crippen LogP contribution in [0.25, 0.3) is 0 Å². The Hall–Kier alpha value is -2.67. The fourth-order valence-corrected chi connectivity index (χ4v) is 3.24. The van der Waals surface area contributed by atoms with Gasteiger partial charge in [-0.25, -0.2) is 0 Å². The molecule has 27 heavy (non-hydrogen) atoms. The van der Waals surface area contributed by atoms with Crippen molar-refractivity contribution < 1.29 is 14.7 Å². The predicted octanol–water partition coefficient (Wildman–Crippen LogP) is 2.27. The summed E-state index contributed by atoms with van der Waals surface area (Å²) in [6.07, 6.45) is 0.189. The summed E-state index contributed by atoms with van der Waals surface area (Å²) >= 11 is 0. The highest BCUT2D eigenvalue weighted by Gasteiger charge is 2.26. The summed E-state index contributed by atoms with van der Waals surface area (Å²) in [4.78, 5) is 26.7. The van der Waals surface area contributed by atoms with E-state index in [4.69, 9.17) is 0 Å². The number of rotatable bonds is 5. The lowest BCUT2D eigenvalue weighted by atomic mass is 10.1. The van der Waals surface area contributed by atoms with Gasteiger partial charge in [0, 0.05) is 18.8 Å². The van der Waals surface area contributed by atoms with Crippen LogP contribution in [0.1, 0.15) is 42.9 Å². The number of carbonyl (C=O) groups excluding carboxylic acids is 2. The van der Waals surface area contributed by atoms with E-state index < -0.39 is 6.10 Å². The van der Waals surface area contributed by atoms with Crippen LogP contribution in [0.5, 0.6) is 0 Å². The molecule has 144 valence electrons. The molecule has 2 N–H and O–H groups in total. The molecule has 0 spiro atoms. The number of para-hydroxylation sites is 1. The third-order valence-electron chi connectivity index (χ3n) is 4.57. The van der Waals surface area contributed by atoms with Gasteiger partial charge in [0.1, 0.15) is 6.10 Å². The summed E-state index contributed by atoms with van der Waals surface area (Å²) in [7, 11) is 0. The van der Waals surface area contributed by atoms with Crippen LogP contribution >= 0.6 is 0 Å². The number of nitrogens with one attached hydrogen (secondary N) is 1. The molecular weight excluding hydrogens is 344 g/mol. The standard InChI is InChI=1S/C20H26N4O3/c1-14(2)11-18(25)20(27)23-9-6-10-24-16(13-23)12-17(22-24)19(26)21-15-7-4-3-5-8-15/h3-5,7-8,12,14,18,25H,6,9-11,13H2,1-2H3,(H,21,26)/t18-/m1/s1. The third-order valence-corrected chi connectivity index (χ3v) is 4.57. The quantitative estimate of drug-likeness (QED) is 0.845. The molecule has 1 aromatic carbocycles. The lowest BCUT2D eigenvalue weighted by Gasteiger charge is -2.23. The number of benzene rings is 1. The maximum absolute atomic E-state index is 12.5. The van der Waals surface area contributed by atoms with Crippen LogP contribution in [0.2, 0.25) is 0 Å². The minimum absolute atomic E-state index is 0.245. The number of anilines is 1. The summed E-state index contributed by atoms with van der Waals surface area (Å²) in [5.74, 6) is -0.289. The molecular formula is C20H26N4O3. The van der Waals surface area contributed by atoms with Gasteiger partial charge < -0.3 is 15.3 Å². The van der Waals surface area contributed by atoms with E-state index in [2.05, 4.69) is 10.4 Å². The van der Waals surface area contributed by atoms with Gasteiger partial charge in [0.05, 0.1) is 12.2 Å². The van der Waals surface area contributed by atoms with Crippen LogP contribution in [-0.2, 0) is 17.9 Å². The van der Waals surface area contributed by atoms with Gasteiger partial charge in [0.25, 0.3) is 11.8 Å². The normalized spacial score (nSPS) is 15.2. The monoisotopic (exact) mass is 370 g/mol. The van der Waals surface area contributed by atoms with E-state index in [0.29, 0.717) is 37.4 Å². The van der Waals surface area contributed by atoms with Crippen LogP contribution in [0, 0.1) is 5.92 Å². The first-order chi connectivity index (χ1) is 12.9. The molecule has 7 nitrogen and oxygen atoms in total. The van der Waals surface area contributed by atoms with Crippen molar-refractivity contribution in [3.05, 3.63) is 47.8 Å². The molecule has 1 aliphatic heterocycles. The maximum Gasteiger partial charge on any atom is 0.276 e. The van der Waals surface area contributed by atoms with Crippen molar-refractivity contribution in [1.29, 1.82) is 0 Å². The molecule has 0 bridgehead atoms. The molecule has 0 radical (unpaired) electrons. The Kier molecular flexibility index (Phi) is 5.91. The Morgan fingerprint density at radius 2 is 1.96 bits per heavy atom. The van der Waals surface area contributed by atoms with E-state index in [-0.39, 0.29) is 17.7 Å². The summed E-state index contributed by atoms with van der Waals surface area (Å²) in [6, 6.07) is 10.9. The second kappa shape index (κ2) is 8.35. The van der Waals surface area contributed by atoms with Gasteiger partial charge in [0.2, 0.25) is 0 Å². The number of aromatic nitrogens is 2. The first kappa shape index (κ1) is 19.1. The Labute approximate surface area is 159 Å². The van der Waals surface area contributed by atoms with E-state index >= 15 is 0 Å². The molecule has 7 heteroatoms. The second-order valence-electron chi connectivity index (χ2n) is 7.32. The van der Waals surface area contributed by atoms with Crippen LogP contribution in [0.3, 0.4) is 0 Å². The molecule has 0 unspecified atom stereocenters. The number of hydrogen-bond acceptors (Lipinski definition) is 4. The van der Waals surface area contributed by atoms with Gasteiger partial charge in [-0.2, -0.15) is 5.10 Å². The fourth-order valence-electron chi connectivity index (χ4n) is 3.24. The van der Waals surface area contributed by atoms with Crippen LogP contribution in [-0.4, -0.2) is 44.3 Å². The minimum atomic E-state index is -0.986. The molecule has 0 aliphatic carbocycles. The SMILES string of the molecule is CC(C)C[C@@H](O)C(=O)N1CCCn2nc(C(=O)Nc3ccccc3)cc2C1. The fraction of sp³-hybridized carbons (Fsp3) is 0.450. The molecule has 0 saturated carbocycles. The molecule has 2 aromatic rings. The summed E-state index contributed by atoms with van der Waals surface area (Å²) in [5.41, 5.74) is 1.83. The maximum atomic E-state index is 12.5. The summed E-state index contributed by atoms with van der Waals surface area (Å²) in [5, 5.41) is 17.4. The number of aryl methyl sites for hydroxylation is 1. The van der Waals surface area contributed by atoms with Gasteiger partial charge >= 0.3 is 0 Å². The molecule has 3 rings (SSSR count). The first-order valence-electron chi connectivity index (χ1n) is 9.34. The zero-order valence-corrected chi connectivity index (χ0v) is 15.8. The van der Waals surface area contributed by atoms with Crippen molar-refractivity contribution in [2.45, 2.75) is 45.9 Å². The zero-order chi connectivity index (χ0) is 19.4. The van der Waals surface area contributed by atoms with Crippen molar-refractivity contribution in [3.8, 4) is 0 Å². The zero-order valence-electron chi connectivity index (χ0n) is 15.8. The largest absolute Gasteiger partial charge is 0.383 e. The number of carbonyl (C=O) groups is 2. The van der Waals surface area contributed by atoms with Crippen LogP contribution in [0.4, 0.5) is 5.69 Å². The highest BCUT2D eigenvalue weighted by atomic mass is 16.3. The highest BCUT2D eigenvalue weighted by Crippen LogP contribution is 2.17. The Morgan fingerprint density at radius 1 is 1.22 bits per heavy atom. The van der Waals surface area contributed by atoms with Gasteiger partial charge in [-0.05, 0) is 37.0 Å². The van der Waals surface area contributed by atoms with Crippen molar-refractivity contribution in [1.82, 2.24) is 14.7 Å². The predicted molar refractivity (Wildman–Crippen MR) is 102 cm³/mol. The number of aliphatic hydroxyl groups excluding tert-OH is 1. The Balaban J connectivity index is 1.71. The topological polar surface area (TPSA) is 87.5 Å². The van der Waals surface area contributed by atoms with Crippen molar-refractivity contribution >= 4 is 17.5 Å². The second-order valence-corrected chi connectivity index (χ2v) is 7.32. The highest BCUT2D eigenvalue weighted by molar-refractivity contribution is 6.02. The smallest absolute Gasteiger partial charge is 0.276 e. The number of nitrogens with zero attached hydrogens (tertiary/aromatic N) is 3. The van der Waals surface area contributed by atoms with Crippen LogP contribution in [0.15, 0.2) is 36.4 Å². The van der Waals surface area contributed by atoms with Gasteiger partial charge in [-0.3, -0.25) is 14.3 Å².